The molecule has 0 saturated carbocycles. The van der Waals surface area contributed by atoms with Gasteiger partial charge in [0.05, 0.1) is 18.1 Å². The van der Waals surface area contributed by atoms with Crippen molar-refractivity contribution < 1.29 is 4.79 Å². The van der Waals surface area contributed by atoms with Gasteiger partial charge in [0.1, 0.15) is 5.56 Å². The van der Waals surface area contributed by atoms with E-state index in [1.54, 1.807) is 16.9 Å². The maximum absolute atomic E-state index is 13.4. The van der Waals surface area contributed by atoms with Crippen molar-refractivity contribution in [3.05, 3.63) is 35.9 Å². The molecule has 0 aliphatic rings. The van der Waals surface area contributed by atoms with Crippen molar-refractivity contribution in [3.8, 4) is 11.3 Å². The Morgan fingerprint density at radius 2 is 1.79 bits per heavy atom. The zero-order chi connectivity index (χ0) is 20.4. The molecule has 0 radical (unpaired) electrons. The molecule has 0 aromatic carbocycles. The van der Waals surface area contributed by atoms with Crippen LogP contribution in [0.5, 0.6) is 0 Å². The van der Waals surface area contributed by atoms with Crippen LogP contribution in [0.3, 0.4) is 0 Å². The normalized spacial score (nSPS) is 13.6. The van der Waals surface area contributed by atoms with Gasteiger partial charge in [-0.05, 0) is 46.6 Å². The SMILES string of the molecule is CC[C@@H](C)N(C(=O)c1cnn2c(-c3cnn(CC)c3C)ccnc12)[C@@H](C)CC. The number of hydrogen-bond acceptors (Lipinski definition) is 4. The summed E-state index contributed by atoms with van der Waals surface area (Å²) in [6.07, 6.45) is 7.04. The second-order valence-corrected chi connectivity index (χ2v) is 7.31. The first-order valence-electron chi connectivity index (χ1n) is 10.1. The number of rotatable bonds is 7. The summed E-state index contributed by atoms with van der Waals surface area (Å²) in [6, 6.07) is 2.23. The Labute approximate surface area is 166 Å². The molecule has 3 aromatic rings. The monoisotopic (exact) mass is 382 g/mol. The average Bonchev–Trinajstić information content (AvgIpc) is 3.30. The third-order valence-corrected chi connectivity index (χ3v) is 5.68. The van der Waals surface area contributed by atoms with Gasteiger partial charge < -0.3 is 4.90 Å². The van der Waals surface area contributed by atoms with Gasteiger partial charge in [-0.1, -0.05) is 13.8 Å². The third kappa shape index (κ3) is 3.30. The van der Waals surface area contributed by atoms with Gasteiger partial charge in [-0.3, -0.25) is 9.48 Å². The molecule has 7 nitrogen and oxygen atoms in total. The van der Waals surface area contributed by atoms with E-state index in [0.717, 1.165) is 36.3 Å². The van der Waals surface area contributed by atoms with E-state index in [4.69, 9.17) is 0 Å². The second kappa shape index (κ2) is 8.12. The molecule has 0 N–H and O–H groups in total. The molecule has 3 heterocycles. The molecular formula is C21H30N6O. The molecule has 1 amide bonds. The highest BCUT2D eigenvalue weighted by Crippen LogP contribution is 2.25. The minimum absolute atomic E-state index is 0.00988. The van der Waals surface area contributed by atoms with Crippen LogP contribution in [0.25, 0.3) is 16.9 Å². The van der Waals surface area contributed by atoms with Crippen molar-refractivity contribution >= 4 is 11.6 Å². The summed E-state index contributed by atoms with van der Waals surface area (Å²) >= 11 is 0. The highest BCUT2D eigenvalue weighted by Gasteiger charge is 2.28. The summed E-state index contributed by atoms with van der Waals surface area (Å²) < 4.78 is 3.70. The predicted octanol–water partition coefficient (Wildman–Crippen LogP) is 3.96. The lowest BCUT2D eigenvalue weighted by molar-refractivity contribution is 0.0600. The minimum Gasteiger partial charge on any atom is -0.333 e. The number of carbonyl (C=O) groups excluding carboxylic acids is 1. The summed E-state index contributed by atoms with van der Waals surface area (Å²) in [7, 11) is 0. The van der Waals surface area contributed by atoms with E-state index in [1.807, 2.05) is 28.8 Å². The number of fused-ring (bicyclic) bond motifs is 1. The molecule has 3 rings (SSSR count). The molecule has 0 spiro atoms. The average molecular weight is 383 g/mol. The van der Waals surface area contributed by atoms with Crippen molar-refractivity contribution in [3.63, 3.8) is 0 Å². The van der Waals surface area contributed by atoms with Gasteiger partial charge in [0, 0.05) is 36.1 Å². The van der Waals surface area contributed by atoms with Crippen molar-refractivity contribution in [2.24, 2.45) is 0 Å². The standard InChI is InChI=1S/C21H30N6O/c1-7-14(4)26(15(5)8-2)21(28)18-13-24-27-19(10-11-22-20(18)27)17-12-23-25(9-3)16(17)6/h10-15H,7-9H2,1-6H3/t14-,15+. The largest absolute Gasteiger partial charge is 0.333 e. The molecule has 7 heteroatoms. The molecule has 2 atom stereocenters. The van der Waals surface area contributed by atoms with Gasteiger partial charge in [-0.2, -0.15) is 10.2 Å². The summed E-state index contributed by atoms with van der Waals surface area (Å²) in [5.41, 5.74) is 4.09. The number of aryl methyl sites for hydroxylation is 1. The van der Waals surface area contributed by atoms with Crippen molar-refractivity contribution in [2.75, 3.05) is 0 Å². The van der Waals surface area contributed by atoms with Crippen LogP contribution in [0.4, 0.5) is 0 Å². The smallest absolute Gasteiger partial charge is 0.259 e. The van der Waals surface area contributed by atoms with E-state index >= 15 is 0 Å². The topological polar surface area (TPSA) is 68.3 Å². The molecule has 150 valence electrons. The second-order valence-electron chi connectivity index (χ2n) is 7.31. The number of amides is 1. The van der Waals surface area contributed by atoms with Crippen LogP contribution >= 0.6 is 0 Å². The number of carbonyl (C=O) groups is 1. The van der Waals surface area contributed by atoms with Crippen molar-refractivity contribution in [1.29, 1.82) is 0 Å². The molecule has 0 aliphatic heterocycles. The summed E-state index contributed by atoms with van der Waals surface area (Å²) in [6.45, 7) is 13.3. The lowest BCUT2D eigenvalue weighted by Gasteiger charge is -2.33. The van der Waals surface area contributed by atoms with Gasteiger partial charge in [-0.15, -0.1) is 0 Å². The quantitative estimate of drug-likeness (QED) is 0.620. The van der Waals surface area contributed by atoms with E-state index in [9.17, 15) is 4.79 Å². The Bertz CT molecular complexity index is 963. The number of nitrogens with zero attached hydrogens (tertiary/aromatic N) is 6. The van der Waals surface area contributed by atoms with Crippen molar-refractivity contribution in [1.82, 2.24) is 29.3 Å². The van der Waals surface area contributed by atoms with E-state index in [-0.39, 0.29) is 18.0 Å². The molecule has 0 unspecified atom stereocenters. The molecule has 0 aliphatic carbocycles. The van der Waals surface area contributed by atoms with Gasteiger partial charge in [0.2, 0.25) is 0 Å². The maximum atomic E-state index is 13.4. The van der Waals surface area contributed by atoms with Crippen LogP contribution in [-0.2, 0) is 6.54 Å². The van der Waals surface area contributed by atoms with Gasteiger partial charge in [0.25, 0.3) is 5.91 Å². The van der Waals surface area contributed by atoms with Crippen LogP contribution in [0.15, 0.2) is 24.7 Å². The fourth-order valence-corrected chi connectivity index (χ4v) is 3.63. The first kappa shape index (κ1) is 20.0. The first-order valence-corrected chi connectivity index (χ1v) is 10.1. The Kier molecular flexibility index (Phi) is 5.82. The highest BCUT2D eigenvalue weighted by atomic mass is 16.2. The van der Waals surface area contributed by atoms with Crippen LogP contribution in [-0.4, -0.2) is 47.3 Å². The fraction of sp³-hybridized carbons (Fsp3) is 0.524. The minimum atomic E-state index is -0.00988. The van der Waals surface area contributed by atoms with Crippen LogP contribution in [0.2, 0.25) is 0 Å². The zero-order valence-corrected chi connectivity index (χ0v) is 17.7. The van der Waals surface area contributed by atoms with Gasteiger partial charge in [-0.25, -0.2) is 9.50 Å². The molecule has 28 heavy (non-hydrogen) atoms. The third-order valence-electron chi connectivity index (χ3n) is 5.68. The van der Waals surface area contributed by atoms with Crippen LogP contribution in [0.1, 0.15) is 63.5 Å². The lowest BCUT2D eigenvalue weighted by Crippen LogP contribution is -2.44. The van der Waals surface area contributed by atoms with Gasteiger partial charge >= 0.3 is 0 Å². The Morgan fingerprint density at radius 3 is 2.36 bits per heavy atom. The Balaban J connectivity index is 2.09. The van der Waals surface area contributed by atoms with E-state index in [0.29, 0.717) is 11.2 Å². The highest BCUT2D eigenvalue weighted by molar-refractivity contribution is 6.00. The molecule has 3 aromatic heterocycles. The fourth-order valence-electron chi connectivity index (χ4n) is 3.63. The van der Waals surface area contributed by atoms with Crippen LogP contribution < -0.4 is 0 Å². The molecular weight excluding hydrogens is 352 g/mol. The van der Waals surface area contributed by atoms with Crippen molar-refractivity contribution in [2.45, 2.75) is 73.0 Å². The maximum Gasteiger partial charge on any atom is 0.259 e. The molecule has 0 fully saturated rings. The van der Waals surface area contributed by atoms with E-state index in [1.165, 1.54) is 0 Å². The van der Waals surface area contributed by atoms with E-state index < -0.39 is 0 Å². The number of aromatic nitrogens is 5. The zero-order valence-electron chi connectivity index (χ0n) is 17.7. The molecule has 0 bridgehead atoms. The Hall–Kier alpha value is -2.70. The summed E-state index contributed by atoms with van der Waals surface area (Å²) in [5, 5.41) is 8.95. The van der Waals surface area contributed by atoms with Gasteiger partial charge in [0.15, 0.2) is 5.65 Å². The Morgan fingerprint density at radius 1 is 1.11 bits per heavy atom. The van der Waals surface area contributed by atoms with Crippen LogP contribution in [0, 0.1) is 6.92 Å². The summed E-state index contributed by atoms with van der Waals surface area (Å²) in [4.78, 5) is 19.8. The van der Waals surface area contributed by atoms with E-state index in [2.05, 4.69) is 49.8 Å². The predicted molar refractivity (Wildman–Crippen MR) is 110 cm³/mol. The summed E-state index contributed by atoms with van der Waals surface area (Å²) in [5.74, 6) is -0.00988. The molecule has 0 saturated heterocycles. The first-order chi connectivity index (χ1) is 13.4. The number of hydrogen-bond donors (Lipinski definition) is 0. The lowest BCUT2D eigenvalue weighted by atomic mass is 10.1.